The first-order valence-corrected chi connectivity index (χ1v) is 8.20. The van der Waals surface area contributed by atoms with Gasteiger partial charge in [-0.05, 0) is 47.6 Å². The smallest absolute Gasteiger partial charge is 0.241 e. The molecule has 0 radical (unpaired) electrons. The van der Waals surface area contributed by atoms with E-state index in [0.717, 1.165) is 6.54 Å². The monoisotopic (exact) mass is 390 g/mol. The van der Waals surface area contributed by atoms with Gasteiger partial charge in [-0.1, -0.05) is 18.5 Å². The molecule has 0 unspecified atom stereocenters. The Morgan fingerprint density at radius 1 is 1.42 bits per heavy atom. The highest BCUT2D eigenvalue weighted by molar-refractivity contribution is 9.10. The van der Waals surface area contributed by atoms with Gasteiger partial charge in [0.25, 0.3) is 0 Å². The number of likely N-dealkylation sites (N-methyl/N-ethyl adjacent to an activating group) is 1. The zero-order chi connectivity index (χ0) is 13.8. The summed E-state index contributed by atoms with van der Waals surface area (Å²) < 4.78 is 27.1. The van der Waals surface area contributed by atoms with E-state index in [1.165, 1.54) is 6.07 Å². The summed E-state index contributed by atoms with van der Waals surface area (Å²) in [6.07, 6.45) is 0. The van der Waals surface area contributed by atoms with Gasteiger partial charge in [-0.15, -0.1) is 12.4 Å². The van der Waals surface area contributed by atoms with E-state index >= 15 is 0 Å². The predicted molar refractivity (Wildman–Crippen MR) is 84.7 cm³/mol. The van der Waals surface area contributed by atoms with Crippen molar-refractivity contribution < 1.29 is 8.42 Å². The lowest BCUT2D eigenvalue weighted by Gasteiger charge is -2.14. The fourth-order valence-electron chi connectivity index (χ4n) is 1.43. The van der Waals surface area contributed by atoms with Gasteiger partial charge in [-0.25, -0.2) is 13.1 Å². The van der Waals surface area contributed by atoms with Crippen LogP contribution in [0.15, 0.2) is 27.6 Å². The third kappa shape index (κ3) is 5.97. The summed E-state index contributed by atoms with van der Waals surface area (Å²) in [4.78, 5) is 0.190. The number of hydrogen-bond acceptors (Lipinski definition) is 3. The second kappa shape index (κ2) is 8.44. The highest BCUT2D eigenvalue weighted by Crippen LogP contribution is 2.25. The number of halogens is 3. The van der Waals surface area contributed by atoms with E-state index in [4.69, 9.17) is 11.6 Å². The Bertz CT molecular complexity index is 511. The van der Waals surface area contributed by atoms with Crippen molar-refractivity contribution in [3.8, 4) is 0 Å². The van der Waals surface area contributed by atoms with Crippen LogP contribution in [0.3, 0.4) is 0 Å². The molecular formula is C11H17BrCl2N2O2S. The molecule has 19 heavy (non-hydrogen) atoms. The lowest BCUT2D eigenvalue weighted by atomic mass is 10.3. The maximum absolute atomic E-state index is 12.1. The summed E-state index contributed by atoms with van der Waals surface area (Å²) in [5.74, 6) is 0. The molecule has 8 heteroatoms. The Hall–Kier alpha value is 0.150. The van der Waals surface area contributed by atoms with Crippen LogP contribution < -0.4 is 10.0 Å². The normalized spacial score (nSPS) is 12.8. The number of benzene rings is 1. The fourth-order valence-corrected chi connectivity index (χ4v) is 3.94. The van der Waals surface area contributed by atoms with E-state index in [2.05, 4.69) is 26.0 Å². The lowest BCUT2D eigenvalue weighted by molar-refractivity contribution is 0.536. The Labute approximate surface area is 133 Å². The van der Waals surface area contributed by atoms with E-state index in [0.29, 0.717) is 16.0 Å². The second-order valence-corrected chi connectivity index (χ2v) is 6.91. The third-order valence-corrected chi connectivity index (χ3v) is 4.95. The van der Waals surface area contributed by atoms with Crippen molar-refractivity contribution in [2.24, 2.45) is 0 Å². The molecule has 0 amide bonds. The number of rotatable bonds is 6. The van der Waals surface area contributed by atoms with Crippen LogP contribution in [0.2, 0.25) is 5.02 Å². The van der Waals surface area contributed by atoms with Gasteiger partial charge < -0.3 is 5.32 Å². The number of hydrogen-bond donors (Lipinski definition) is 2. The van der Waals surface area contributed by atoms with Gasteiger partial charge in [0.2, 0.25) is 10.0 Å². The van der Waals surface area contributed by atoms with Crippen LogP contribution in [0, 0.1) is 0 Å². The minimum absolute atomic E-state index is 0. The first-order chi connectivity index (χ1) is 8.36. The van der Waals surface area contributed by atoms with Crippen molar-refractivity contribution in [3.63, 3.8) is 0 Å². The molecule has 0 bridgehead atoms. The molecule has 1 rings (SSSR count). The summed E-state index contributed by atoms with van der Waals surface area (Å²) in [6.45, 7) is 5.03. The molecule has 0 spiro atoms. The van der Waals surface area contributed by atoms with Crippen molar-refractivity contribution in [2.45, 2.75) is 24.8 Å². The molecule has 0 aliphatic carbocycles. The molecule has 0 saturated carbocycles. The van der Waals surface area contributed by atoms with Crippen molar-refractivity contribution in [2.75, 3.05) is 13.1 Å². The Morgan fingerprint density at radius 2 is 2.05 bits per heavy atom. The van der Waals surface area contributed by atoms with E-state index in [9.17, 15) is 8.42 Å². The van der Waals surface area contributed by atoms with Crippen molar-refractivity contribution in [1.82, 2.24) is 10.0 Å². The lowest BCUT2D eigenvalue weighted by Crippen LogP contribution is -2.38. The molecule has 0 aliphatic heterocycles. The molecule has 2 N–H and O–H groups in total. The molecule has 0 fully saturated rings. The molecule has 4 nitrogen and oxygen atoms in total. The van der Waals surface area contributed by atoms with Crippen molar-refractivity contribution in [1.29, 1.82) is 0 Å². The van der Waals surface area contributed by atoms with Crippen LogP contribution in [0.1, 0.15) is 13.8 Å². The van der Waals surface area contributed by atoms with Crippen molar-refractivity contribution in [3.05, 3.63) is 27.7 Å². The summed E-state index contributed by atoms with van der Waals surface area (Å²) in [5, 5.41) is 3.62. The van der Waals surface area contributed by atoms with Gasteiger partial charge in [0.05, 0.1) is 4.90 Å². The standard InChI is InChI=1S/C11H16BrClN2O2S.ClH/c1-3-14-8(2)7-15-18(16,17)11-5-4-9(13)6-10(11)12;/h4-6,8,14-15H,3,7H2,1-2H3;1H/t8-;/m1./s1. The first-order valence-electron chi connectivity index (χ1n) is 5.55. The SMILES string of the molecule is CCN[C@H](C)CNS(=O)(=O)c1ccc(Cl)cc1Br.Cl. The highest BCUT2D eigenvalue weighted by Gasteiger charge is 2.18. The Kier molecular flexibility index (Phi) is 8.51. The molecule has 1 aromatic carbocycles. The van der Waals surface area contributed by atoms with Gasteiger partial charge in [0.1, 0.15) is 0 Å². The van der Waals surface area contributed by atoms with Crippen LogP contribution in [0.4, 0.5) is 0 Å². The maximum Gasteiger partial charge on any atom is 0.241 e. The predicted octanol–water partition coefficient (Wildman–Crippen LogP) is 2.80. The van der Waals surface area contributed by atoms with Gasteiger partial charge in [-0.3, -0.25) is 0 Å². The van der Waals surface area contributed by atoms with Gasteiger partial charge in [0, 0.05) is 22.1 Å². The third-order valence-electron chi connectivity index (χ3n) is 2.32. The second-order valence-electron chi connectivity index (χ2n) is 3.89. The van der Waals surface area contributed by atoms with Crippen LogP contribution in [0.25, 0.3) is 0 Å². The molecule has 0 saturated heterocycles. The topological polar surface area (TPSA) is 58.2 Å². The van der Waals surface area contributed by atoms with Crippen LogP contribution in [-0.2, 0) is 10.0 Å². The first kappa shape index (κ1) is 19.1. The molecule has 0 aromatic heterocycles. The average Bonchev–Trinajstić information content (AvgIpc) is 2.26. The quantitative estimate of drug-likeness (QED) is 0.783. The van der Waals surface area contributed by atoms with E-state index < -0.39 is 10.0 Å². The van der Waals surface area contributed by atoms with Crippen LogP contribution in [0.5, 0.6) is 0 Å². The summed E-state index contributed by atoms with van der Waals surface area (Å²) in [5.41, 5.74) is 0. The highest BCUT2D eigenvalue weighted by atomic mass is 79.9. The van der Waals surface area contributed by atoms with Gasteiger partial charge in [0.15, 0.2) is 0 Å². The largest absolute Gasteiger partial charge is 0.313 e. The minimum atomic E-state index is -3.52. The molecule has 1 aromatic rings. The van der Waals surface area contributed by atoms with Gasteiger partial charge in [-0.2, -0.15) is 0 Å². The van der Waals surface area contributed by atoms with Crippen molar-refractivity contribution >= 4 is 50.0 Å². The molecule has 1 atom stereocenters. The number of nitrogens with one attached hydrogen (secondary N) is 2. The minimum Gasteiger partial charge on any atom is -0.313 e. The van der Waals surface area contributed by atoms with Crippen LogP contribution >= 0.6 is 39.9 Å². The Morgan fingerprint density at radius 3 is 2.58 bits per heavy atom. The zero-order valence-electron chi connectivity index (χ0n) is 10.6. The van der Waals surface area contributed by atoms with E-state index in [1.54, 1.807) is 12.1 Å². The molecular weight excluding hydrogens is 375 g/mol. The Balaban J connectivity index is 0.00000324. The molecule has 0 aliphatic rings. The fraction of sp³-hybridized carbons (Fsp3) is 0.455. The number of sulfonamides is 1. The van der Waals surface area contributed by atoms with E-state index in [1.807, 2.05) is 13.8 Å². The molecule has 110 valence electrons. The molecule has 0 heterocycles. The average molecular weight is 392 g/mol. The summed E-state index contributed by atoms with van der Waals surface area (Å²) in [6, 6.07) is 4.67. The van der Waals surface area contributed by atoms with Gasteiger partial charge >= 0.3 is 0 Å². The summed E-state index contributed by atoms with van der Waals surface area (Å²) in [7, 11) is -3.52. The zero-order valence-corrected chi connectivity index (χ0v) is 14.6. The maximum atomic E-state index is 12.1. The van der Waals surface area contributed by atoms with E-state index in [-0.39, 0.29) is 23.3 Å². The van der Waals surface area contributed by atoms with Crippen LogP contribution in [-0.4, -0.2) is 27.5 Å². The summed E-state index contributed by atoms with van der Waals surface area (Å²) >= 11 is 8.98.